The number of carbonyl (C=O) groups is 1. The number of hydrogen-bond donors (Lipinski definition) is 4. The van der Waals surface area contributed by atoms with E-state index in [0.29, 0.717) is 37.2 Å². The van der Waals surface area contributed by atoms with Crippen molar-refractivity contribution in [2.75, 3.05) is 30.3 Å². The number of halogens is 8. The number of sulfonamides is 1. The van der Waals surface area contributed by atoms with Gasteiger partial charge in [0.15, 0.2) is 5.75 Å². The average molecular weight is 825 g/mol. The first-order valence-corrected chi connectivity index (χ1v) is 18.0. The third-order valence-electron chi connectivity index (χ3n) is 7.96. The number of carboxylic acid groups (broad SMARTS) is 1. The Hall–Kier alpha value is -4.23. The maximum atomic E-state index is 13.2. The number of aromatic nitrogens is 2. The number of nitrogens with zero attached hydrogens (tertiary/aromatic N) is 2. The van der Waals surface area contributed by atoms with Crippen LogP contribution in [0.15, 0.2) is 76.1 Å². The largest absolute Gasteiger partial charge is 0.573 e. The Morgan fingerprint density at radius 1 is 0.885 bits per heavy atom. The zero-order valence-corrected chi connectivity index (χ0v) is 29.5. The molecule has 0 unspecified atom stereocenters. The molecule has 4 aromatic rings. The highest BCUT2D eigenvalue weighted by Crippen LogP contribution is 2.33. The van der Waals surface area contributed by atoms with Crippen LogP contribution in [0.25, 0.3) is 10.9 Å². The molecule has 1 fully saturated rings. The molecule has 1 aliphatic carbocycles. The second-order valence-corrected chi connectivity index (χ2v) is 14.4. The van der Waals surface area contributed by atoms with E-state index in [1.807, 2.05) is 24.3 Å². The molecule has 0 radical (unpaired) electrons. The van der Waals surface area contributed by atoms with E-state index >= 15 is 0 Å². The average Bonchev–Trinajstić information content (AvgIpc) is 3.07. The van der Waals surface area contributed by atoms with Crippen LogP contribution in [0.2, 0.25) is 0 Å². The third-order valence-corrected chi connectivity index (χ3v) is 9.92. The zero-order chi connectivity index (χ0) is 38.1. The summed E-state index contributed by atoms with van der Waals surface area (Å²) in [5.74, 6) is -2.24. The van der Waals surface area contributed by atoms with E-state index in [4.69, 9.17) is 14.9 Å². The van der Waals surface area contributed by atoms with Crippen molar-refractivity contribution in [3.63, 3.8) is 0 Å². The van der Waals surface area contributed by atoms with Crippen molar-refractivity contribution in [3.05, 3.63) is 82.6 Å². The molecule has 282 valence electrons. The quantitative estimate of drug-likeness (QED) is 0.105. The number of carboxylic acids is 1. The lowest BCUT2D eigenvalue weighted by molar-refractivity contribution is -0.275. The van der Waals surface area contributed by atoms with Gasteiger partial charge < -0.3 is 20.5 Å². The molecule has 1 aromatic heterocycles. The minimum absolute atomic E-state index is 0.0484. The topological polar surface area (TPSA) is 143 Å². The summed E-state index contributed by atoms with van der Waals surface area (Å²) in [6.07, 6.45) is -6.20. The highest BCUT2D eigenvalue weighted by atomic mass is 79.9. The molecule has 0 amide bonds. The highest BCUT2D eigenvalue weighted by molar-refractivity contribution is 9.10. The van der Waals surface area contributed by atoms with Crippen LogP contribution in [-0.4, -0.2) is 61.6 Å². The number of rotatable bonds is 12. The van der Waals surface area contributed by atoms with E-state index in [0.717, 1.165) is 54.3 Å². The van der Waals surface area contributed by atoms with Gasteiger partial charge in [-0.25, -0.2) is 27.3 Å². The van der Waals surface area contributed by atoms with E-state index in [2.05, 4.69) is 41.0 Å². The van der Waals surface area contributed by atoms with Gasteiger partial charge in [0.1, 0.15) is 16.5 Å². The van der Waals surface area contributed by atoms with Crippen molar-refractivity contribution in [3.8, 4) is 5.75 Å². The minimum Gasteiger partial charge on any atom is -0.475 e. The van der Waals surface area contributed by atoms with E-state index in [-0.39, 0.29) is 22.8 Å². The van der Waals surface area contributed by atoms with Crippen molar-refractivity contribution in [2.45, 2.75) is 49.5 Å². The Kier molecular flexibility index (Phi) is 13.7. The zero-order valence-electron chi connectivity index (χ0n) is 27.1. The second kappa shape index (κ2) is 17.5. The summed E-state index contributed by atoms with van der Waals surface area (Å²) < 4.78 is 116. The molecule has 0 bridgehead atoms. The Labute approximate surface area is 302 Å². The monoisotopic (exact) mass is 823 g/mol. The Morgan fingerprint density at radius 2 is 1.50 bits per heavy atom. The highest BCUT2D eigenvalue weighted by Gasteiger charge is 2.38. The van der Waals surface area contributed by atoms with Crippen LogP contribution in [0, 0.1) is 17.7 Å². The van der Waals surface area contributed by atoms with Crippen LogP contribution in [0.4, 0.5) is 42.5 Å². The van der Waals surface area contributed by atoms with E-state index in [1.165, 1.54) is 18.2 Å². The van der Waals surface area contributed by atoms with Gasteiger partial charge >= 0.3 is 18.5 Å². The van der Waals surface area contributed by atoms with Gasteiger partial charge in [0.2, 0.25) is 16.0 Å². The minimum atomic E-state index is -5.08. The predicted octanol–water partition coefficient (Wildman–Crippen LogP) is 7.91. The number of fused-ring (bicyclic) bond motifs is 1. The maximum absolute atomic E-state index is 13.2. The van der Waals surface area contributed by atoms with Gasteiger partial charge in [-0.2, -0.15) is 18.2 Å². The van der Waals surface area contributed by atoms with Crippen LogP contribution in [-0.2, 0) is 21.2 Å². The fourth-order valence-electron chi connectivity index (χ4n) is 5.36. The number of nitrogens with one attached hydrogen (secondary N) is 3. The second-order valence-electron chi connectivity index (χ2n) is 11.8. The summed E-state index contributed by atoms with van der Waals surface area (Å²) in [4.78, 5) is 17.7. The molecular formula is C33H33BrF7N5O5S. The van der Waals surface area contributed by atoms with E-state index < -0.39 is 39.2 Å². The van der Waals surface area contributed by atoms with Crippen molar-refractivity contribution in [2.24, 2.45) is 11.8 Å². The van der Waals surface area contributed by atoms with Crippen LogP contribution in [0.3, 0.4) is 0 Å². The molecular weight excluding hydrogens is 791 g/mol. The number of hydrogen-bond acceptors (Lipinski definition) is 8. The molecule has 4 N–H and O–H groups in total. The number of ether oxygens (including phenoxy) is 1. The summed E-state index contributed by atoms with van der Waals surface area (Å²) in [6.45, 7) is 1.37. The first kappa shape index (κ1) is 40.5. The van der Waals surface area contributed by atoms with Crippen molar-refractivity contribution < 1.29 is 53.8 Å². The number of benzene rings is 3. The fraction of sp³-hybridized carbons (Fsp3) is 0.364. The molecule has 3 aromatic carbocycles. The number of anilines is 2. The van der Waals surface area contributed by atoms with Crippen molar-refractivity contribution in [1.82, 2.24) is 14.7 Å². The molecule has 0 atom stereocenters. The molecule has 1 heterocycles. The lowest BCUT2D eigenvalue weighted by atomic mass is 9.82. The van der Waals surface area contributed by atoms with Crippen LogP contribution >= 0.6 is 15.9 Å². The molecule has 5 rings (SSSR count). The van der Waals surface area contributed by atoms with Gasteiger partial charge in [-0.1, -0.05) is 40.2 Å². The third kappa shape index (κ3) is 12.5. The molecule has 0 saturated heterocycles. The van der Waals surface area contributed by atoms with Gasteiger partial charge in [0.05, 0.1) is 5.52 Å². The summed E-state index contributed by atoms with van der Waals surface area (Å²) >= 11 is 3.05. The number of alkyl halides is 6. The molecule has 10 nitrogen and oxygen atoms in total. The maximum Gasteiger partial charge on any atom is 0.573 e. The Balaban J connectivity index is 0.000000785. The first-order chi connectivity index (χ1) is 24.4. The molecule has 0 aliphatic heterocycles. The summed E-state index contributed by atoms with van der Waals surface area (Å²) in [6, 6.07) is 17.5. The SMILES string of the molecule is O=C(O)C(F)(F)F.O=S(=O)(NCC1CCC(CNc2nc(NCCc3ccc(F)cc3)c3ccccc3n2)CC1)c1ccc(Br)cc1OC(F)(F)F. The normalized spacial score (nSPS) is 16.5. The van der Waals surface area contributed by atoms with Crippen LogP contribution < -0.4 is 20.1 Å². The van der Waals surface area contributed by atoms with Gasteiger partial charge in [-0.3, -0.25) is 0 Å². The van der Waals surface area contributed by atoms with Gasteiger partial charge in [-0.05, 0) is 92.0 Å². The van der Waals surface area contributed by atoms with Gasteiger partial charge in [0, 0.05) is 29.5 Å². The van der Waals surface area contributed by atoms with E-state index in [9.17, 15) is 39.2 Å². The van der Waals surface area contributed by atoms with Crippen LogP contribution in [0.1, 0.15) is 31.2 Å². The molecule has 0 spiro atoms. The lowest BCUT2D eigenvalue weighted by Gasteiger charge is -2.29. The van der Waals surface area contributed by atoms with Gasteiger partial charge in [0.25, 0.3) is 0 Å². The molecule has 19 heteroatoms. The summed E-state index contributed by atoms with van der Waals surface area (Å²) in [5.41, 5.74) is 1.81. The first-order valence-electron chi connectivity index (χ1n) is 15.7. The Bertz CT molecular complexity index is 1930. The molecule has 1 aliphatic rings. The van der Waals surface area contributed by atoms with Gasteiger partial charge in [-0.15, -0.1) is 13.2 Å². The lowest BCUT2D eigenvalue weighted by Crippen LogP contribution is -2.33. The predicted molar refractivity (Wildman–Crippen MR) is 182 cm³/mol. The summed E-state index contributed by atoms with van der Waals surface area (Å²) in [7, 11) is -4.23. The standard InChI is InChI=1S/C31H32BrF4N5O3S.C2HF3O2/c32-23-11-14-28(27(17-23)44-31(34,35)36)45(42,43)39-19-22-7-5-21(6-8-22)18-38-30-40-26-4-2-1-3-25(26)29(41-30)37-16-15-20-9-12-24(33)13-10-20;3-2(4,5)1(6)7/h1-4,9-14,17,21-22,39H,5-8,15-16,18-19H2,(H2,37,38,40,41);(H,6,7). The van der Waals surface area contributed by atoms with Crippen molar-refractivity contribution in [1.29, 1.82) is 0 Å². The van der Waals surface area contributed by atoms with Crippen molar-refractivity contribution >= 4 is 54.6 Å². The Morgan fingerprint density at radius 3 is 2.12 bits per heavy atom. The molecule has 1 saturated carbocycles. The number of aliphatic carboxylic acids is 1. The smallest absolute Gasteiger partial charge is 0.475 e. The summed E-state index contributed by atoms with van der Waals surface area (Å²) in [5, 5.41) is 14.8. The fourth-order valence-corrected chi connectivity index (χ4v) is 6.92. The number of para-hydroxylation sites is 1. The van der Waals surface area contributed by atoms with Crippen LogP contribution in [0.5, 0.6) is 5.75 Å². The van der Waals surface area contributed by atoms with E-state index in [1.54, 1.807) is 12.1 Å². The molecule has 52 heavy (non-hydrogen) atoms.